The fraction of sp³-hybridized carbons (Fsp3) is 0.417. The minimum atomic E-state index is -4.75. The number of amides is 2. The van der Waals surface area contributed by atoms with Crippen molar-refractivity contribution in [3.05, 3.63) is 24.3 Å². The molecule has 1 aromatic rings. The molecule has 0 aromatic heterocycles. The van der Waals surface area contributed by atoms with Gasteiger partial charge in [0.25, 0.3) is 0 Å². The average molecular weight is 292 g/mol. The molecular weight excluding hydrogens is 277 g/mol. The Balaban J connectivity index is 2.59. The Morgan fingerprint density at radius 1 is 1.40 bits per heavy atom. The number of rotatable bonds is 4. The molecule has 0 heterocycles. The molecule has 0 saturated carbocycles. The van der Waals surface area contributed by atoms with E-state index in [2.05, 4.69) is 10.1 Å². The van der Waals surface area contributed by atoms with Crippen LogP contribution in [0.5, 0.6) is 5.75 Å². The molecule has 1 aromatic carbocycles. The Bertz CT molecular complexity index is 446. The van der Waals surface area contributed by atoms with Crippen LogP contribution in [0.1, 0.15) is 6.92 Å². The maximum atomic E-state index is 12.0. The molecule has 20 heavy (non-hydrogen) atoms. The van der Waals surface area contributed by atoms with Gasteiger partial charge in [0.2, 0.25) is 0 Å². The number of nitrogens with zero attached hydrogens (tertiary/aromatic N) is 1. The summed E-state index contributed by atoms with van der Waals surface area (Å²) in [7, 11) is 1.49. The monoisotopic (exact) mass is 292 g/mol. The number of anilines is 1. The second kappa shape index (κ2) is 6.47. The van der Waals surface area contributed by atoms with Crippen molar-refractivity contribution >= 4 is 11.7 Å². The van der Waals surface area contributed by atoms with Gasteiger partial charge in [-0.1, -0.05) is 0 Å². The van der Waals surface area contributed by atoms with E-state index in [0.717, 1.165) is 12.1 Å². The van der Waals surface area contributed by atoms with E-state index in [0.29, 0.717) is 5.69 Å². The van der Waals surface area contributed by atoms with Gasteiger partial charge in [0, 0.05) is 19.3 Å². The second-order valence-corrected chi connectivity index (χ2v) is 4.23. The lowest BCUT2D eigenvalue weighted by Gasteiger charge is -2.19. The maximum Gasteiger partial charge on any atom is 0.573 e. The fourth-order valence-corrected chi connectivity index (χ4v) is 1.44. The zero-order valence-electron chi connectivity index (χ0n) is 10.9. The highest BCUT2D eigenvalue weighted by atomic mass is 19.4. The van der Waals surface area contributed by atoms with Crippen molar-refractivity contribution in [2.24, 2.45) is 0 Å². The summed E-state index contributed by atoms with van der Waals surface area (Å²) in [5.41, 5.74) is 0.321. The summed E-state index contributed by atoms with van der Waals surface area (Å²) >= 11 is 0. The zero-order valence-corrected chi connectivity index (χ0v) is 10.9. The van der Waals surface area contributed by atoms with Crippen LogP contribution in [0.15, 0.2) is 24.3 Å². The topological polar surface area (TPSA) is 61.8 Å². The van der Waals surface area contributed by atoms with E-state index < -0.39 is 18.5 Å². The highest BCUT2D eigenvalue weighted by Gasteiger charge is 2.30. The SMILES string of the molecule is CC(O)CN(C)C(=O)Nc1ccc(OC(F)(F)F)cc1. The number of nitrogens with one attached hydrogen (secondary N) is 1. The molecule has 0 fully saturated rings. The number of aliphatic hydroxyl groups excluding tert-OH is 1. The molecule has 2 N–H and O–H groups in total. The van der Waals surface area contributed by atoms with Crippen molar-refractivity contribution in [3.63, 3.8) is 0 Å². The van der Waals surface area contributed by atoms with E-state index >= 15 is 0 Å². The highest BCUT2D eigenvalue weighted by Crippen LogP contribution is 2.23. The number of urea groups is 1. The summed E-state index contributed by atoms with van der Waals surface area (Å²) in [4.78, 5) is 12.9. The normalized spacial score (nSPS) is 12.7. The van der Waals surface area contributed by atoms with Crippen molar-refractivity contribution in [1.29, 1.82) is 0 Å². The van der Waals surface area contributed by atoms with Crippen LogP contribution < -0.4 is 10.1 Å². The van der Waals surface area contributed by atoms with E-state index in [4.69, 9.17) is 5.11 Å². The van der Waals surface area contributed by atoms with Gasteiger partial charge >= 0.3 is 12.4 Å². The van der Waals surface area contributed by atoms with Gasteiger partial charge in [-0.05, 0) is 31.2 Å². The molecule has 0 aliphatic carbocycles. The fourth-order valence-electron chi connectivity index (χ4n) is 1.44. The predicted octanol–water partition coefficient (Wildman–Crippen LogP) is 2.43. The number of aliphatic hydroxyl groups is 1. The van der Waals surface area contributed by atoms with E-state index in [1.807, 2.05) is 0 Å². The lowest BCUT2D eigenvalue weighted by Crippen LogP contribution is -2.36. The van der Waals surface area contributed by atoms with Gasteiger partial charge in [-0.15, -0.1) is 13.2 Å². The molecule has 1 unspecified atom stereocenters. The highest BCUT2D eigenvalue weighted by molar-refractivity contribution is 5.89. The first-order chi connectivity index (χ1) is 9.17. The van der Waals surface area contributed by atoms with Crippen LogP contribution in [0.2, 0.25) is 0 Å². The minimum absolute atomic E-state index is 0.140. The Hall–Kier alpha value is -1.96. The van der Waals surface area contributed by atoms with Crippen molar-refractivity contribution in [2.75, 3.05) is 18.9 Å². The third-order valence-electron chi connectivity index (χ3n) is 2.22. The van der Waals surface area contributed by atoms with Crippen molar-refractivity contribution in [1.82, 2.24) is 4.90 Å². The van der Waals surface area contributed by atoms with Crippen LogP contribution in [0.4, 0.5) is 23.7 Å². The standard InChI is InChI=1S/C12H15F3N2O3/c1-8(18)7-17(2)11(19)16-9-3-5-10(6-4-9)20-12(13,14)15/h3-6,8,18H,7H2,1-2H3,(H,16,19). The number of halogens is 3. The van der Waals surface area contributed by atoms with Gasteiger partial charge in [0.05, 0.1) is 6.10 Å². The third kappa shape index (κ3) is 5.79. The number of benzene rings is 1. The van der Waals surface area contributed by atoms with E-state index in [9.17, 15) is 18.0 Å². The second-order valence-electron chi connectivity index (χ2n) is 4.23. The number of likely N-dealkylation sites (N-methyl/N-ethyl adjacent to an activating group) is 1. The summed E-state index contributed by atoms with van der Waals surface area (Å²) in [5, 5.41) is 11.6. The Kier molecular flexibility index (Phi) is 5.20. The van der Waals surface area contributed by atoms with Gasteiger partial charge in [0.1, 0.15) is 5.75 Å². The molecule has 0 spiro atoms. The summed E-state index contributed by atoms with van der Waals surface area (Å²) in [6, 6.07) is 4.29. The number of ether oxygens (including phenoxy) is 1. The van der Waals surface area contributed by atoms with E-state index in [1.54, 1.807) is 0 Å². The molecule has 0 radical (unpaired) electrons. The van der Waals surface area contributed by atoms with Crippen LogP contribution in [0.3, 0.4) is 0 Å². The average Bonchev–Trinajstić information content (AvgIpc) is 2.28. The molecule has 8 heteroatoms. The molecule has 5 nitrogen and oxygen atoms in total. The minimum Gasteiger partial charge on any atom is -0.406 e. The molecular formula is C12H15F3N2O3. The molecule has 0 bridgehead atoms. The van der Waals surface area contributed by atoms with Crippen LogP contribution in [-0.2, 0) is 0 Å². The van der Waals surface area contributed by atoms with Crippen molar-refractivity contribution in [3.8, 4) is 5.75 Å². The molecule has 2 amide bonds. The largest absolute Gasteiger partial charge is 0.573 e. The Morgan fingerprint density at radius 3 is 2.40 bits per heavy atom. The van der Waals surface area contributed by atoms with Crippen LogP contribution >= 0.6 is 0 Å². The summed E-state index contributed by atoms with van der Waals surface area (Å²) in [5.74, 6) is -0.368. The number of hydrogen-bond acceptors (Lipinski definition) is 3. The Morgan fingerprint density at radius 2 is 1.95 bits per heavy atom. The van der Waals surface area contributed by atoms with Crippen molar-refractivity contribution < 1.29 is 27.8 Å². The van der Waals surface area contributed by atoms with Gasteiger partial charge in [-0.3, -0.25) is 0 Å². The van der Waals surface area contributed by atoms with Gasteiger partial charge in [0.15, 0.2) is 0 Å². The predicted molar refractivity (Wildman–Crippen MR) is 66.5 cm³/mol. The number of alkyl halides is 3. The van der Waals surface area contributed by atoms with E-state index in [1.165, 1.54) is 31.0 Å². The smallest absolute Gasteiger partial charge is 0.406 e. The number of carbonyl (C=O) groups excluding carboxylic acids is 1. The van der Waals surface area contributed by atoms with Gasteiger partial charge < -0.3 is 20.1 Å². The molecule has 0 saturated heterocycles. The first-order valence-corrected chi connectivity index (χ1v) is 5.73. The summed E-state index contributed by atoms with van der Waals surface area (Å²) in [6.07, 6.45) is -5.42. The van der Waals surface area contributed by atoms with Crippen molar-refractivity contribution in [2.45, 2.75) is 19.4 Å². The first-order valence-electron chi connectivity index (χ1n) is 5.73. The van der Waals surface area contributed by atoms with Gasteiger partial charge in [-0.25, -0.2) is 4.79 Å². The molecule has 1 atom stereocenters. The quantitative estimate of drug-likeness (QED) is 0.896. The summed E-state index contributed by atoms with van der Waals surface area (Å²) < 4.78 is 39.6. The number of hydrogen-bond donors (Lipinski definition) is 2. The molecule has 1 rings (SSSR count). The van der Waals surface area contributed by atoms with Gasteiger partial charge in [-0.2, -0.15) is 0 Å². The zero-order chi connectivity index (χ0) is 15.3. The molecule has 0 aliphatic rings. The lowest BCUT2D eigenvalue weighted by atomic mass is 10.3. The Labute approximate surface area is 113 Å². The van der Waals surface area contributed by atoms with E-state index in [-0.39, 0.29) is 12.3 Å². The summed E-state index contributed by atoms with van der Waals surface area (Å²) in [6.45, 7) is 1.67. The third-order valence-corrected chi connectivity index (χ3v) is 2.22. The number of carbonyl (C=O) groups is 1. The lowest BCUT2D eigenvalue weighted by molar-refractivity contribution is -0.274. The molecule has 112 valence electrons. The maximum absolute atomic E-state index is 12.0. The van der Waals surface area contributed by atoms with Crippen LogP contribution in [0, 0.1) is 0 Å². The van der Waals surface area contributed by atoms with Crippen LogP contribution in [-0.4, -0.2) is 42.1 Å². The first kappa shape index (κ1) is 16.1. The molecule has 0 aliphatic heterocycles. The van der Waals surface area contributed by atoms with Crippen LogP contribution in [0.25, 0.3) is 0 Å².